The average Bonchev–Trinajstić information content (AvgIpc) is 2.46. The van der Waals surface area contributed by atoms with Crippen molar-refractivity contribution in [3.63, 3.8) is 0 Å². The minimum atomic E-state index is -0.770. The van der Waals surface area contributed by atoms with Crippen LogP contribution in [0.3, 0.4) is 0 Å². The molecule has 0 amide bonds. The maximum atomic E-state index is 11.5. The molecule has 6 heteroatoms. The second-order valence-electron chi connectivity index (χ2n) is 4.95. The molecule has 20 heavy (non-hydrogen) atoms. The van der Waals surface area contributed by atoms with E-state index in [9.17, 15) is 9.59 Å². The molecule has 0 bridgehead atoms. The first-order valence-corrected chi connectivity index (χ1v) is 6.61. The first-order valence-electron chi connectivity index (χ1n) is 6.61. The molecule has 1 unspecified atom stereocenters. The highest BCUT2D eigenvalue weighted by atomic mass is 16.5. The standard InChI is InChI=1S/C14H18N2O4/c1-20-14(19)11-4-5-15-12(8-11)16-6-2-3-10(9-16)7-13(17)18/h4-5,8,10H,2-3,6-7,9H2,1H3,(H,17,18). The van der Waals surface area contributed by atoms with Gasteiger partial charge in [-0.2, -0.15) is 0 Å². The quantitative estimate of drug-likeness (QED) is 0.842. The van der Waals surface area contributed by atoms with Gasteiger partial charge in [-0.15, -0.1) is 0 Å². The predicted octanol–water partition coefficient (Wildman–Crippen LogP) is 1.56. The third-order valence-electron chi connectivity index (χ3n) is 3.47. The summed E-state index contributed by atoms with van der Waals surface area (Å²) in [7, 11) is 1.34. The Kier molecular flexibility index (Phi) is 4.55. The van der Waals surface area contributed by atoms with E-state index in [0.29, 0.717) is 17.9 Å². The first-order chi connectivity index (χ1) is 9.60. The number of nitrogens with zero attached hydrogens (tertiary/aromatic N) is 2. The van der Waals surface area contributed by atoms with Crippen molar-refractivity contribution < 1.29 is 19.4 Å². The third kappa shape index (κ3) is 3.46. The largest absolute Gasteiger partial charge is 0.481 e. The highest BCUT2D eigenvalue weighted by Crippen LogP contribution is 2.24. The van der Waals surface area contributed by atoms with Gasteiger partial charge in [0.1, 0.15) is 5.82 Å². The number of anilines is 1. The van der Waals surface area contributed by atoms with Crippen molar-refractivity contribution in [2.45, 2.75) is 19.3 Å². The average molecular weight is 278 g/mol. The van der Waals surface area contributed by atoms with Gasteiger partial charge in [0.05, 0.1) is 12.7 Å². The Morgan fingerprint density at radius 1 is 1.55 bits per heavy atom. The van der Waals surface area contributed by atoms with E-state index < -0.39 is 11.9 Å². The number of methoxy groups -OCH3 is 1. The molecule has 1 aromatic rings. The molecule has 0 aliphatic carbocycles. The van der Waals surface area contributed by atoms with Gasteiger partial charge in [-0.3, -0.25) is 4.79 Å². The van der Waals surface area contributed by atoms with Crippen LogP contribution in [0.25, 0.3) is 0 Å². The van der Waals surface area contributed by atoms with Crippen LogP contribution in [0.2, 0.25) is 0 Å². The minimum Gasteiger partial charge on any atom is -0.481 e. The second-order valence-corrected chi connectivity index (χ2v) is 4.95. The Balaban J connectivity index is 2.10. The van der Waals surface area contributed by atoms with Crippen molar-refractivity contribution >= 4 is 17.8 Å². The molecule has 0 radical (unpaired) electrons. The number of hydrogen-bond donors (Lipinski definition) is 1. The van der Waals surface area contributed by atoms with Crippen LogP contribution < -0.4 is 4.90 Å². The second kappa shape index (κ2) is 6.36. The normalized spacial score (nSPS) is 18.6. The summed E-state index contributed by atoms with van der Waals surface area (Å²) in [4.78, 5) is 28.6. The van der Waals surface area contributed by atoms with Gasteiger partial charge in [-0.25, -0.2) is 9.78 Å². The van der Waals surface area contributed by atoms with Crippen LogP contribution in [0.1, 0.15) is 29.6 Å². The van der Waals surface area contributed by atoms with Gasteiger partial charge in [0, 0.05) is 25.7 Å². The van der Waals surface area contributed by atoms with Crippen LogP contribution in [0.4, 0.5) is 5.82 Å². The molecule has 1 N–H and O–H groups in total. The molecular weight excluding hydrogens is 260 g/mol. The maximum absolute atomic E-state index is 11.5. The zero-order valence-corrected chi connectivity index (χ0v) is 11.4. The molecule has 6 nitrogen and oxygen atoms in total. The van der Waals surface area contributed by atoms with E-state index >= 15 is 0 Å². The summed E-state index contributed by atoms with van der Waals surface area (Å²) in [6, 6.07) is 3.29. The van der Waals surface area contributed by atoms with E-state index in [-0.39, 0.29) is 12.3 Å². The van der Waals surface area contributed by atoms with E-state index in [0.717, 1.165) is 19.4 Å². The highest BCUT2D eigenvalue weighted by molar-refractivity contribution is 5.90. The molecule has 1 fully saturated rings. The lowest BCUT2D eigenvalue weighted by atomic mass is 9.95. The third-order valence-corrected chi connectivity index (χ3v) is 3.47. The SMILES string of the molecule is COC(=O)c1ccnc(N2CCCC(CC(=O)O)C2)c1. The Labute approximate surface area is 117 Å². The summed E-state index contributed by atoms with van der Waals surface area (Å²) < 4.78 is 4.69. The Morgan fingerprint density at radius 2 is 2.35 bits per heavy atom. The van der Waals surface area contributed by atoms with Gasteiger partial charge in [0.2, 0.25) is 0 Å². The van der Waals surface area contributed by atoms with E-state index in [1.54, 1.807) is 18.3 Å². The van der Waals surface area contributed by atoms with Gasteiger partial charge in [-0.05, 0) is 30.9 Å². The van der Waals surface area contributed by atoms with Crippen molar-refractivity contribution in [1.82, 2.24) is 4.98 Å². The number of carbonyl (C=O) groups excluding carboxylic acids is 1. The molecule has 108 valence electrons. The van der Waals surface area contributed by atoms with Crippen LogP contribution >= 0.6 is 0 Å². The number of carboxylic acids is 1. The molecule has 1 aliphatic heterocycles. The Bertz CT molecular complexity index is 504. The maximum Gasteiger partial charge on any atom is 0.338 e. The summed E-state index contributed by atoms with van der Waals surface area (Å²) in [5, 5.41) is 8.88. The van der Waals surface area contributed by atoms with Crippen LogP contribution in [-0.4, -0.2) is 42.2 Å². The topological polar surface area (TPSA) is 79.7 Å². The molecule has 1 aliphatic rings. The zero-order chi connectivity index (χ0) is 14.5. The summed E-state index contributed by atoms with van der Waals surface area (Å²) in [6.45, 7) is 1.48. The lowest BCUT2D eigenvalue weighted by molar-refractivity contribution is -0.138. The van der Waals surface area contributed by atoms with Crippen molar-refractivity contribution in [2.24, 2.45) is 5.92 Å². The van der Waals surface area contributed by atoms with Crippen LogP contribution in [-0.2, 0) is 9.53 Å². The Morgan fingerprint density at radius 3 is 3.05 bits per heavy atom. The van der Waals surface area contributed by atoms with Gasteiger partial charge in [0.15, 0.2) is 0 Å². The number of carboxylic acid groups (broad SMARTS) is 1. The van der Waals surface area contributed by atoms with Crippen LogP contribution in [0.15, 0.2) is 18.3 Å². The first kappa shape index (κ1) is 14.3. The number of aromatic nitrogens is 1. The molecule has 1 atom stereocenters. The number of hydrogen-bond acceptors (Lipinski definition) is 5. The molecule has 0 aromatic carbocycles. The number of aliphatic carboxylic acids is 1. The molecule has 1 saturated heterocycles. The number of carbonyl (C=O) groups is 2. The number of esters is 1. The van der Waals surface area contributed by atoms with Gasteiger partial charge >= 0.3 is 11.9 Å². The van der Waals surface area contributed by atoms with Gasteiger partial charge < -0.3 is 14.7 Å². The minimum absolute atomic E-state index is 0.129. The van der Waals surface area contributed by atoms with Crippen molar-refractivity contribution in [3.05, 3.63) is 23.9 Å². The molecule has 0 saturated carbocycles. The van der Waals surface area contributed by atoms with E-state index in [2.05, 4.69) is 9.72 Å². The lowest BCUT2D eigenvalue weighted by Crippen LogP contribution is -2.36. The smallest absolute Gasteiger partial charge is 0.338 e. The van der Waals surface area contributed by atoms with E-state index in [1.807, 2.05) is 4.90 Å². The fourth-order valence-electron chi connectivity index (χ4n) is 2.52. The summed E-state index contributed by atoms with van der Waals surface area (Å²) in [5.74, 6) is -0.339. The zero-order valence-electron chi connectivity index (χ0n) is 11.4. The number of rotatable bonds is 4. The molecule has 2 rings (SSSR count). The fourth-order valence-corrected chi connectivity index (χ4v) is 2.52. The molecule has 2 heterocycles. The summed E-state index contributed by atoms with van der Waals surface area (Å²) in [5.41, 5.74) is 0.456. The van der Waals surface area contributed by atoms with E-state index in [1.165, 1.54) is 7.11 Å². The van der Waals surface area contributed by atoms with E-state index in [4.69, 9.17) is 5.11 Å². The number of ether oxygens (including phenoxy) is 1. The summed E-state index contributed by atoms with van der Waals surface area (Å²) >= 11 is 0. The van der Waals surface area contributed by atoms with Gasteiger partial charge in [-0.1, -0.05) is 0 Å². The number of pyridine rings is 1. The number of piperidine rings is 1. The molecule has 1 aromatic heterocycles. The van der Waals surface area contributed by atoms with Crippen molar-refractivity contribution in [1.29, 1.82) is 0 Å². The fraction of sp³-hybridized carbons (Fsp3) is 0.500. The molecule has 0 spiro atoms. The van der Waals surface area contributed by atoms with Crippen molar-refractivity contribution in [3.8, 4) is 0 Å². The summed E-state index contributed by atoms with van der Waals surface area (Å²) in [6.07, 6.45) is 3.59. The monoisotopic (exact) mass is 278 g/mol. The van der Waals surface area contributed by atoms with Crippen molar-refractivity contribution in [2.75, 3.05) is 25.1 Å². The lowest BCUT2D eigenvalue weighted by Gasteiger charge is -2.33. The highest BCUT2D eigenvalue weighted by Gasteiger charge is 2.23. The molecular formula is C14H18N2O4. The van der Waals surface area contributed by atoms with Crippen LogP contribution in [0, 0.1) is 5.92 Å². The predicted molar refractivity (Wildman–Crippen MR) is 72.8 cm³/mol. The Hall–Kier alpha value is -2.11. The van der Waals surface area contributed by atoms with Crippen LogP contribution in [0.5, 0.6) is 0 Å². The van der Waals surface area contributed by atoms with Gasteiger partial charge in [0.25, 0.3) is 0 Å².